The Morgan fingerprint density at radius 3 is 2.71 bits per heavy atom. The van der Waals surface area contributed by atoms with Gasteiger partial charge in [-0.25, -0.2) is 9.48 Å². The summed E-state index contributed by atoms with van der Waals surface area (Å²) in [5.74, 6) is 0.0452. The molecule has 0 bridgehead atoms. The number of rotatable bonds is 2. The molecule has 0 amide bonds. The van der Waals surface area contributed by atoms with E-state index in [1.165, 1.54) is 24.1 Å². The van der Waals surface area contributed by atoms with Crippen molar-refractivity contribution in [1.29, 1.82) is 0 Å². The number of nitrogens with two attached hydrogens (primary N) is 1. The van der Waals surface area contributed by atoms with Gasteiger partial charge < -0.3 is 10.5 Å². The van der Waals surface area contributed by atoms with Crippen LogP contribution < -0.4 is 5.73 Å². The molecule has 7 nitrogen and oxygen atoms in total. The lowest BCUT2D eigenvalue weighted by atomic mass is 10.4. The molecule has 0 spiro atoms. The molecule has 2 rings (SSSR count). The lowest BCUT2D eigenvalue weighted by Crippen LogP contribution is -2.08. The van der Waals surface area contributed by atoms with Gasteiger partial charge in [0.25, 0.3) is 0 Å². The molecule has 0 unspecified atom stereocenters. The minimum atomic E-state index is -0.554. The number of nitrogen functional groups attached to an aromatic ring is 1. The molecular formula is C9H8ClN5O2. The van der Waals surface area contributed by atoms with Gasteiger partial charge in [0.1, 0.15) is 5.02 Å². The summed E-state index contributed by atoms with van der Waals surface area (Å²) in [6, 6.07) is 3.03. The van der Waals surface area contributed by atoms with E-state index < -0.39 is 5.97 Å². The number of carbonyl (C=O) groups excluding carboxylic acids is 1. The van der Waals surface area contributed by atoms with Crippen LogP contribution in [0, 0.1) is 0 Å². The average Bonchev–Trinajstić information content (AvgIpc) is 2.69. The number of hydrogen-bond donors (Lipinski definition) is 1. The highest BCUT2D eigenvalue weighted by Crippen LogP contribution is 2.17. The zero-order valence-electron chi connectivity index (χ0n) is 8.79. The number of methoxy groups -OCH3 is 1. The fourth-order valence-corrected chi connectivity index (χ4v) is 1.27. The second-order valence-corrected chi connectivity index (χ2v) is 3.48. The van der Waals surface area contributed by atoms with Crippen molar-refractivity contribution in [2.75, 3.05) is 12.8 Å². The maximum atomic E-state index is 11.1. The molecule has 0 aliphatic rings. The third-order valence-electron chi connectivity index (χ3n) is 1.98. The van der Waals surface area contributed by atoms with Crippen LogP contribution in [-0.4, -0.2) is 33.1 Å². The first-order chi connectivity index (χ1) is 8.11. The lowest BCUT2D eigenvalue weighted by Gasteiger charge is -2.00. The van der Waals surface area contributed by atoms with E-state index in [0.717, 1.165) is 0 Å². The van der Waals surface area contributed by atoms with Crippen molar-refractivity contribution in [2.45, 2.75) is 0 Å². The Balaban J connectivity index is 2.32. The van der Waals surface area contributed by atoms with Crippen molar-refractivity contribution in [1.82, 2.24) is 20.0 Å². The second kappa shape index (κ2) is 4.38. The number of nitrogens with zero attached hydrogens (tertiary/aromatic N) is 4. The SMILES string of the molecule is COC(=O)c1ccc(-n2cc(Cl)c(N)n2)nn1. The third kappa shape index (κ3) is 2.18. The van der Waals surface area contributed by atoms with Crippen molar-refractivity contribution >= 4 is 23.4 Å². The van der Waals surface area contributed by atoms with Gasteiger partial charge in [0.05, 0.1) is 13.3 Å². The average molecular weight is 254 g/mol. The van der Waals surface area contributed by atoms with Crippen LogP contribution in [0.2, 0.25) is 5.02 Å². The number of hydrogen-bond acceptors (Lipinski definition) is 6. The highest BCUT2D eigenvalue weighted by atomic mass is 35.5. The Bertz CT molecular complexity index is 532. The molecule has 2 aromatic heterocycles. The van der Waals surface area contributed by atoms with Crippen LogP contribution in [0.3, 0.4) is 0 Å². The van der Waals surface area contributed by atoms with E-state index in [1.807, 2.05) is 0 Å². The standard InChI is InChI=1S/C9H8ClN5O2/c1-17-9(16)6-2-3-7(13-12-6)15-4-5(10)8(11)14-15/h2-4H,1H3,(H2,11,14). The quantitative estimate of drug-likeness (QED) is 0.791. The number of esters is 1. The van der Waals surface area contributed by atoms with E-state index in [1.54, 1.807) is 6.07 Å². The first-order valence-electron chi connectivity index (χ1n) is 4.55. The molecule has 2 N–H and O–H groups in total. The molecule has 0 saturated carbocycles. The van der Waals surface area contributed by atoms with Gasteiger partial charge in [0, 0.05) is 0 Å². The van der Waals surface area contributed by atoms with Crippen LogP contribution in [0.25, 0.3) is 5.82 Å². The molecule has 2 heterocycles. The number of carbonyl (C=O) groups is 1. The first kappa shape index (κ1) is 11.3. The van der Waals surface area contributed by atoms with Gasteiger partial charge in [-0.05, 0) is 12.1 Å². The van der Waals surface area contributed by atoms with E-state index in [4.69, 9.17) is 17.3 Å². The predicted molar refractivity (Wildman–Crippen MR) is 59.9 cm³/mol. The Kier molecular flexibility index (Phi) is 2.92. The molecule has 0 aliphatic heterocycles. The molecular weight excluding hydrogens is 246 g/mol. The summed E-state index contributed by atoms with van der Waals surface area (Å²) < 4.78 is 5.87. The summed E-state index contributed by atoms with van der Waals surface area (Å²) in [7, 11) is 1.27. The molecule has 8 heteroatoms. The summed E-state index contributed by atoms with van der Waals surface area (Å²) in [6.45, 7) is 0. The fraction of sp³-hybridized carbons (Fsp3) is 0.111. The molecule has 17 heavy (non-hydrogen) atoms. The van der Waals surface area contributed by atoms with Gasteiger partial charge in [0.15, 0.2) is 17.3 Å². The Labute approximate surface area is 101 Å². The molecule has 0 atom stereocenters. The van der Waals surface area contributed by atoms with E-state index >= 15 is 0 Å². The Hall–Kier alpha value is -2.15. The van der Waals surface area contributed by atoms with Gasteiger partial charge in [0.2, 0.25) is 0 Å². The van der Waals surface area contributed by atoms with Crippen LogP contribution in [0.15, 0.2) is 18.3 Å². The van der Waals surface area contributed by atoms with Crippen LogP contribution in [0.1, 0.15) is 10.5 Å². The van der Waals surface area contributed by atoms with E-state index in [0.29, 0.717) is 10.8 Å². The van der Waals surface area contributed by atoms with Crippen molar-refractivity contribution in [3.63, 3.8) is 0 Å². The Morgan fingerprint density at radius 2 is 2.24 bits per heavy atom. The number of halogens is 1. The van der Waals surface area contributed by atoms with E-state index in [2.05, 4.69) is 20.0 Å². The molecule has 88 valence electrons. The summed E-state index contributed by atoms with van der Waals surface area (Å²) in [5, 5.41) is 11.7. The molecule has 0 aliphatic carbocycles. The maximum absolute atomic E-state index is 11.1. The van der Waals surface area contributed by atoms with Crippen molar-refractivity contribution in [2.24, 2.45) is 0 Å². The zero-order chi connectivity index (χ0) is 12.4. The zero-order valence-corrected chi connectivity index (χ0v) is 9.55. The summed E-state index contributed by atoms with van der Waals surface area (Å²) >= 11 is 5.75. The van der Waals surface area contributed by atoms with Gasteiger partial charge in [-0.1, -0.05) is 11.6 Å². The predicted octanol–water partition coefficient (Wildman–Crippen LogP) is 0.684. The summed E-state index contributed by atoms with van der Waals surface area (Å²) in [5.41, 5.74) is 5.60. The Morgan fingerprint density at radius 1 is 1.47 bits per heavy atom. The van der Waals surface area contributed by atoms with Gasteiger partial charge >= 0.3 is 5.97 Å². The third-order valence-corrected chi connectivity index (χ3v) is 2.27. The second-order valence-electron chi connectivity index (χ2n) is 3.08. The lowest BCUT2D eigenvalue weighted by molar-refractivity contribution is 0.0592. The van der Waals surface area contributed by atoms with Crippen LogP contribution in [-0.2, 0) is 4.74 Å². The van der Waals surface area contributed by atoms with Crippen LogP contribution in [0.4, 0.5) is 5.82 Å². The van der Waals surface area contributed by atoms with Crippen molar-refractivity contribution in [3.05, 3.63) is 29.0 Å². The smallest absolute Gasteiger partial charge is 0.358 e. The van der Waals surface area contributed by atoms with Gasteiger partial charge in [-0.15, -0.1) is 15.3 Å². The van der Waals surface area contributed by atoms with Gasteiger partial charge in [-0.2, -0.15) is 0 Å². The monoisotopic (exact) mass is 253 g/mol. The molecule has 0 fully saturated rings. The minimum absolute atomic E-state index is 0.113. The summed E-state index contributed by atoms with van der Waals surface area (Å²) in [6.07, 6.45) is 1.50. The molecule has 0 radical (unpaired) electrons. The van der Waals surface area contributed by atoms with Crippen LogP contribution in [0.5, 0.6) is 0 Å². The largest absolute Gasteiger partial charge is 0.464 e. The topological polar surface area (TPSA) is 95.9 Å². The van der Waals surface area contributed by atoms with E-state index in [-0.39, 0.29) is 11.5 Å². The summed E-state index contributed by atoms with van der Waals surface area (Å²) in [4.78, 5) is 11.1. The highest BCUT2D eigenvalue weighted by Gasteiger charge is 2.10. The highest BCUT2D eigenvalue weighted by molar-refractivity contribution is 6.32. The van der Waals surface area contributed by atoms with Crippen molar-refractivity contribution in [3.8, 4) is 5.82 Å². The number of anilines is 1. The molecule has 0 aromatic carbocycles. The van der Waals surface area contributed by atoms with Crippen molar-refractivity contribution < 1.29 is 9.53 Å². The maximum Gasteiger partial charge on any atom is 0.358 e. The number of aromatic nitrogens is 4. The van der Waals surface area contributed by atoms with Gasteiger partial charge in [-0.3, -0.25) is 0 Å². The normalized spacial score (nSPS) is 10.2. The minimum Gasteiger partial charge on any atom is -0.464 e. The fourth-order valence-electron chi connectivity index (χ4n) is 1.14. The molecule has 0 saturated heterocycles. The van der Waals surface area contributed by atoms with Crippen LogP contribution >= 0.6 is 11.6 Å². The first-order valence-corrected chi connectivity index (χ1v) is 4.92. The molecule has 2 aromatic rings. The van der Waals surface area contributed by atoms with E-state index in [9.17, 15) is 4.79 Å². The number of ether oxygens (including phenoxy) is 1.